The Morgan fingerprint density at radius 1 is 1.00 bits per heavy atom. The predicted molar refractivity (Wildman–Crippen MR) is 63.9 cm³/mol. The fourth-order valence-corrected chi connectivity index (χ4v) is 0.988. The quantitative estimate of drug-likeness (QED) is 0.608. The minimum Gasteiger partial charge on any atom is -0.533 e. The summed E-state index contributed by atoms with van der Waals surface area (Å²) in [6.07, 6.45) is 8.21. The van der Waals surface area contributed by atoms with Gasteiger partial charge in [-0.1, -0.05) is 33.6 Å². The molecule has 0 radical (unpaired) electrons. The largest absolute Gasteiger partial charge is 1.00 e. The first-order chi connectivity index (χ1) is 6.26. The van der Waals surface area contributed by atoms with Crippen LogP contribution in [-0.2, 0) is 0 Å². The summed E-state index contributed by atoms with van der Waals surface area (Å²) in [7, 11) is 0. The zero-order valence-corrected chi connectivity index (χ0v) is 10.6. The van der Waals surface area contributed by atoms with Crippen LogP contribution in [0.1, 0.15) is 33.6 Å². The molecule has 14 heavy (non-hydrogen) atoms. The van der Waals surface area contributed by atoms with Crippen LogP contribution in [-0.4, -0.2) is 11.3 Å². The van der Waals surface area contributed by atoms with E-state index < -0.39 is 0 Å². The summed E-state index contributed by atoms with van der Waals surface area (Å²) in [6, 6.07) is 4.16. The zero-order valence-electron chi connectivity index (χ0n) is 10.6. The number of unbranched alkanes of at least 4 members (excludes halogenated alkanes) is 1. The Hall–Kier alpha value is -0.0577. The van der Waals surface area contributed by atoms with Crippen LogP contribution in [0.25, 0.3) is 0 Å². The van der Waals surface area contributed by atoms with Crippen LogP contribution in [0.5, 0.6) is 0 Å². The van der Waals surface area contributed by atoms with Gasteiger partial charge in [-0.3, -0.25) is 0 Å². The van der Waals surface area contributed by atoms with Gasteiger partial charge in [-0.15, -0.1) is 0 Å². The first-order valence-corrected chi connectivity index (χ1v) is 5.66. The van der Waals surface area contributed by atoms with Gasteiger partial charge in [-0.2, -0.15) is 13.1 Å². The summed E-state index contributed by atoms with van der Waals surface area (Å²) in [5.41, 5.74) is 0. The Morgan fingerprint density at radius 2 is 1.43 bits per heavy atom. The van der Waals surface area contributed by atoms with Gasteiger partial charge in [-0.05, 0) is 24.5 Å². The maximum absolute atomic E-state index is 2.31. The molecule has 0 spiro atoms. The van der Waals surface area contributed by atoms with Gasteiger partial charge in [-0.25, -0.2) is 0 Å². The Balaban J connectivity index is 0. The van der Waals surface area contributed by atoms with E-state index in [1.807, 2.05) is 0 Å². The molecular weight excluding hydrogens is 164 g/mol. The molecule has 0 saturated carbocycles. The smallest absolute Gasteiger partial charge is 0.533 e. The maximum Gasteiger partial charge on any atom is 1.00 e. The van der Waals surface area contributed by atoms with Crippen molar-refractivity contribution in [2.45, 2.75) is 46.8 Å². The molecule has 0 aliphatic rings. The van der Waals surface area contributed by atoms with Crippen molar-refractivity contribution >= 4 is 6.85 Å². The van der Waals surface area contributed by atoms with Crippen LogP contribution < -0.4 is 18.9 Å². The summed E-state index contributed by atoms with van der Waals surface area (Å²) < 4.78 is 2.31. The molecule has 1 heterocycles. The van der Waals surface area contributed by atoms with Crippen molar-refractivity contribution in [3.05, 3.63) is 24.5 Å². The van der Waals surface area contributed by atoms with E-state index in [1.54, 1.807) is 0 Å². The first-order valence-electron chi connectivity index (χ1n) is 5.66. The number of hydrogen-bond acceptors (Lipinski definition) is 0. The van der Waals surface area contributed by atoms with Gasteiger partial charge in [0.25, 0.3) is 0 Å². The van der Waals surface area contributed by atoms with E-state index >= 15 is 0 Å². The average molecular weight is 187 g/mol. The molecular formula is C11H23BLiN. The van der Waals surface area contributed by atoms with Crippen molar-refractivity contribution in [3.63, 3.8) is 0 Å². The molecule has 0 aliphatic carbocycles. The fourth-order valence-electron chi connectivity index (χ4n) is 0.988. The third-order valence-electron chi connectivity index (χ3n) is 2.51. The molecule has 0 fully saturated rings. The fraction of sp³-hybridized carbons (Fsp3) is 0.636. The van der Waals surface area contributed by atoms with Gasteiger partial charge in [0.1, 0.15) is 0 Å². The van der Waals surface area contributed by atoms with E-state index in [4.69, 9.17) is 0 Å². The average Bonchev–Trinajstić information content (AvgIpc) is 2.70. The number of aromatic nitrogens is 1. The van der Waals surface area contributed by atoms with Crippen LogP contribution in [0.4, 0.5) is 0 Å². The number of hydrogen-bond donors (Lipinski definition) is 0. The minimum atomic E-state index is -0.0833. The molecule has 0 N–H and O–H groups in total. The summed E-state index contributed by atoms with van der Waals surface area (Å²) in [5.74, 6) is 0. The van der Waals surface area contributed by atoms with Crippen molar-refractivity contribution in [1.29, 1.82) is 0 Å². The second kappa shape index (κ2) is 11.0. The van der Waals surface area contributed by atoms with E-state index in [0.29, 0.717) is 0 Å². The number of nitrogens with zero attached hydrogens (tertiary/aromatic N) is 1. The van der Waals surface area contributed by atoms with E-state index in [9.17, 15) is 0 Å². The van der Waals surface area contributed by atoms with Crippen LogP contribution >= 0.6 is 0 Å². The molecule has 3 heteroatoms. The number of rotatable bonds is 3. The molecule has 0 aromatic carbocycles. The van der Waals surface area contributed by atoms with E-state index in [-0.39, 0.29) is 25.7 Å². The van der Waals surface area contributed by atoms with Crippen molar-refractivity contribution < 1.29 is 18.9 Å². The van der Waals surface area contributed by atoms with Gasteiger partial charge in [0, 0.05) is 0 Å². The van der Waals surface area contributed by atoms with Crippen molar-refractivity contribution in [2.24, 2.45) is 0 Å². The third-order valence-corrected chi connectivity index (χ3v) is 2.51. The maximum atomic E-state index is 2.31. The van der Waals surface area contributed by atoms with Crippen LogP contribution in [0.15, 0.2) is 24.5 Å². The zero-order chi connectivity index (χ0) is 10.1. The topological polar surface area (TPSA) is 4.93 Å². The predicted octanol–water partition coefficient (Wildman–Crippen LogP) is 0.520. The molecule has 0 aliphatic heterocycles. The minimum absolute atomic E-state index is 0. The van der Waals surface area contributed by atoms with Gasteiger partial charge in [0.15, 0.2) is 0 Å². The molecule has 1 unspecified atom stereocenters. The van der Waals surface area contributed by atoms with Crippen LogP contribution in [0, 0.1) is 0 Å². The Kier molecular flexibility index (Phi) is 12.9. The summed E-state index contributed by atoms with van der Waals surface area (Å²) in [4.78, 5) is 0. The van der Waals surface area contributed by atoms with Gasteiger partial charge in [0.05, 0.1) is 6.85 Å². The van der Waals surface area contributed by atoms with Crippen LogP contribution in [0.2, 0.25) is 13.1 Å². The second-order valence-electron chi connectivity index (χ2n) is 3.74. The van der Waals surface area contributed by atoms with E-state index in [1.165, 1.54) is 19.2 Å². The van der Waals surface area contributed by atoms with E-state index in [0.717, 1.165) is 0 Å². The van der Waals surface area contributed by atoms with Gasteiger partial charge < -0.3 is 4.48 Å². The second-order valence-corrected chi connectivity index (χ2v) is 3.74. The van der Waals surface area contributed by atoms with Crippen LogP contribution in [0.3, 0.4) is 0 Å². The Labute approximate surface area is 102 Å². The summed E-state index contributed by atoms with van der Waals surface area (Å²) in [6.45, 7) is 8.82. The first kappa shape index (κ1) is 16.4. The van der Waals surface area contributed by atoms with Gasteiger partial charge in [0.2, 0.25) is 0 Å². The normalized spacial score (nSPS) is 10.9. The molecule has 0 bridgehead atoms. The molecule has 0 saturated heterocycles. The van der Waals surface area contributed by atoms with Crippen molar-refractivity contribution in [1.82, 2.24) is 4.48 Å². The SMILES string of the molecule is CCCC.CC[BH-](C)n1cccc1.[Li+]. The van der Waals surface area contributed by atoms with Crippen molar-refractivity contribution in [2.75, 3.05) is 0 Å². The molecule has 1 aromatic heterocycles. The molecule has 76 valence electrons. The Morgan fingerprint density at radius 3 is 1.71 bits per heavy atom. The van der Waals surface area contributed by atoms with Gasteiger partial charge >= 0.3 is 18.9 Å². The molecule has 0 amide bonds. The Bertz CT molecular complexity index is 185. The van der Waals surface area contributed by atoms with E-state index in [2.05, 4.69) is 56.6 Å². The molecule has 1 nitrogen and oxygen atoms in total. The molecule has 1 atom stereocenters. The molecule has 1 rings (SSSR count). The third kappa shape index (κ3) is 7.36. The standard InChI is InChI=1S/C7H13BN.C4H10.Li/c1-3-8(2)9-6-4-5-7-9;1-3-4-2;/h4-8H,3H2,1-2H3;3-4H2,1-2H3;/q-1;;+1. The monoisotopic (exact) mass is 187 g/mol. The summed E-state index contributed by atoms with van der Waals surface area (Å²) in [5, 5.41) is 0. The molecule has 1 aromatic rings. The van der Waals surface area contributed by atoms with Crippen molar-refractivity contribution in [3.8, 4) is 0 Å². The summed E-state index contributed by atoms with van der Waals surface area (Å²) >= 11 is 0.